The van der Waals surface area contributed by atoms with Gasteiger partial charge >= 0.3 is 0 Å². The summed E-state index contributed by atoms with van der Waals surface area (Å²) >= 11 is 0. The summed E-state index contributed by atoms with van der Waals surface area (Å²) in [4.78, 5) is 12.8. The minimum Gasteiger partial charge on any atom is -0.464 e. The number of morpholine rings is 1. The monoisotopic (exact) mass is 456 g/mol. The molecule has 1 N–H and O–H groups in total. The fraction of sp³-hybridized carbons (Fsp3) is 0.375. The second kappa shape index (κ2) is 8.69. The number of aryl methyl sites for hydroxylation is 2. The summed E-state index contributed by atoms with van der Waals surface area (Å²) in [5, 5.41) is 3.76. The summed E-state index contributed by atoms with van der Waals surface area (Å²) in [6.07, 6.45) is 1.48. The normalized spacial score (nSPS) is 19.9. The van der Waals surface area contributed by atoms with Crippen LogP contribution >= 0.6 is 0 Å². The van der Waals surface area contributed by atoms with Gasteiger partial charge in [0.25, 0.3) is 0 Å². The van der Waals surface area contributed by atoms with Crippen molar-refractivity contribution in [2.75, 3.05) is 18.4 Å². The lowest BCUT2D eigenvalue weighted by Crippen LogP contribution is -2.48. The second-order valence-corrected chi connectivity index (χ2v) is 10.4. The first-order chi connectivity index (χ1) is 15.1. The van der Waals surface area contributed by atoms with E-state index in [-0.39, 0.29) is 29.4 Å². The molecule has 1 saturated heterocycles. The van der Waals surface area contributed by atoms with Gasteiger partial charge in [0.15, 0.2) is 0 Å². The van der Waals surface area contributed by atoms with Crippen LogP contribution in [0.1, 0.15) is 30.5 Å². The SMILES string of the molecule is Cc1ccc2c(CC(=O)Nc3ccc(S(=O)(=O)N4CC(C)OC(C)C4)cc3)coc2c1C. The van der Waals surface area contributed by atoms with Gasteiger partial charge in [-0.15, -0.1) is 0 Å². The molecule has 170 valence electrons. The molecule has 1 fully saturated rings. The topological polar surface area (TPSA) is 88.9 Å². The summed E-state index contributed by atoms with van der Waals surface area (Å²) < 4.78 is 38.7. The number of amides is 1. The van der Waals surface area contributed by atoms with E-state index in [1.165, 1.54) is 16.4 Å². The van der Waals surface area contributed by atoms with Crippen LogP contribution in [0, 0.1) is 13.8 Å². The Bertz CT molecular complexity index is 1240. The molecule has 2 atom stereocenters. The van der Waals surface area contributed by atoms with E-state index in [0.717, 1.165) is 27.7 Å². The average Bonchev–Trinajstić information content (AvgIpc) is 3.13. The summed E-state index contributed by atoms with van der Waals surface area (Å²) in [5.41, 5.74) is 4.36. The van der Waals surface area contributed by atoms with Crippen LogP contribution in [-0.2, 0) is 26.0 Å². The molecule has 0 radical (unpaired) electrons. The lowest BCUT2D eigenvalue weighted by Gasteiger charge is -2.34. The number of fused-ring (bicyclic) bond motifs is 1. The average molecular weight is 457 g/mol. The molecule has 32 heavy (non-hydrogen) atoms. The van der Waals surface area contributed by atoms with E-state index in [1.807, 2.05) is 39.8 Å². The zero-order valence-corrected chi connectivity index (χ0v) is 19.5. The van der Waals surface area contributed by atoms with Gasteiger partial charge in [-0.1, -0.05) is 12.1 Å². The first-order valence-corrected chi connectivity index (χ1v) is 12.1. The molecule has 1 aliphatic rings. The van der Waals surface area contributed by atoms with Crippen molar-refractivity contribution in [1.82, 2.24) is 4.31 Å². The molecule has 0 saturated carbocycles. The lowest BCUT2D eigenvalue weighted by atomic mass is 10.0. The quantitative estimate of drug-likeness (QED) is 0.626. The smallest absolute Gasteiger partial charge is 0.243 e. The molecule has 0 aliphatic carbocycles. The Morgan fingerprint density at radius 2 is 1.72 bits per heavy atom. The molecule has 7 nitrogen and oxygen atoms in total. The number of benzene rings is 2. The predicted octanol–water partition coefficient (Wildman–Crippen LogP) is 4.03. The van der Waals surface area contributed by atoms with Crippen molar-refractivity contribution in [3.63, 3.8) is 0 Å². The maximum absolute atomic E-state index is 13.0. The zero-order valence-electron chi connectivity index (χ0n) is 18.7. The second-order valence-electron chi connectivity index (χ2n) is 8.47. The van der Waals surface area contributed by atoms with Gasteiger partial charge in [0.2, 0.25) is 15.9 Å². The number of carbonyl (C=O) groups is 1. The number of furan rings is 1. The Kier molecular flexibility index (Phi) is 6.11. The van der Waals surface area contributed by atoms with Crippen LogP contribution in [-0.4, -0.2) is 43.9 Å². The van der Waals surface area contributed by atoms with Crippen LogP contribution < -0.4 is 5.32 Å². The summed E-state index contributed by atoms with van der Waals surface area (Å²) in [6, 6.07) is 10.3. The molecular weight excluding hydrogens is 428 g/mol. The standard InChI is InChI=1S/C24H28N2O5S/c1-15-5-10-22-19(14-30-24(22)18(15)4)11-23(27)25-20-6-8-21(9-7-20)32(28,29)26-12-16(2)31-17(3)13-26/h5-10,14,16-17H,11-13H2,1-4H3,(H,25,27). The molecular formula is C24H28N2O5S. The Labute approximate surface area is 188 Å². The van der Waals surface area contributed by atoms with Crippen LogP contribution in [0.25, 0.3) is 11.0 Å². The van der Waals surface area contributed by atoms with E-state index in [0.29, 0.717) is 18.8 Å². The van der Waals surface area contributed by atoms with Gasteiger partial charge in [-0.2, -0.15) is 4.31 Å². The van der Waals surface area contributed by atoms with Crippen LogP contribution in [0.3, 0.4) is 0 Å². The molecule has 8 heteroatoms. The highest BCUT2D eigenvalue weighted by Crippen LogP contribution is 2.27. The van der Waals surface area contributed by atoms with Crippen molar-refractivity contribution in [1.29, 1.82) is 0 Å². The molecule has 1 aliphatic heterocycles. The van der Waals surface area contributed by atoms with Crippen molar-refractivity contribution in [2.45, 2.75) is 51.2 Å². The molecule has 0 spiro atoms. The van der Waals surface area contributed by atoms with Gasteiger partial charge in [-0.05, 0) is 63.1 Å². The number of rotatable bonds is 5. The third-order valence-electron chi connectivity index (χ3n) is 5.85. The summed E-state index contributed by atoms with van der Waals surface area (Å²) in [7, 11) is -3.62. The molecule has 2 heterocycles. The zero-order chi connectivity index (χ0) is 23.0. The number of nitrogens with one attached hydrogen (secondary N) is 1. The van der Waals surface area contributed by atoms with E-state index < -0.39 is 10.0 Å². The minimum atomic E-state index is -3.62. The Morgan fingerprint density at radius 3 is 2.38 bits per heavy atom. The maximum Gasteiger partial charge on any atom is 0.243 e. The Balaban J connectivity index is 1.45. The fourth-order valence-electron chi connectivity index (χ4n) is 4.09. The lowest BCUT2D eigenvalue weighted by molar-refractivity contribution is -0.115. The number of hydrogen-bond acceptors (Lipinski definition) is 5. The third-order valence-corrected chi connectivity index (χ3v) is 7.70. The van der Waals surface area contributed by atoms with Crippen molar-refractivity contribution in [2.24, 2.45) is 0 Å². The largest absolute Gasteiger partial charge is 0.464 e. The summed E-state index contributed by atoms with van der Waals surface area (Å²) in [6.45, 7) is 8.39. The number of sulfonamides is 1. The van der Waals surface area contributed by atoms with Gasteiger partial charge in [0.05, 0.1) is 29.8 Å². The van der Waals surface area contributed by atoms with Gasteiger partial charge in [0.1, 0.15) is 5.58 Å². The van der Waals surface area contributed by atoms with Gasteiger partial charge in [0, 0.05) is 29.7 Å². The van der Waals surface area contributed by atoms with Gasteiger partial charge in [-0.25, -0.2) is 8.42 Å². The number of carbonyl (C=O) groups excluding carboxylic acids is 1. The van der Waals surface area contributed by atoms with Crippen molar-refractivity contribution < 1.29 is 22.4 Å². The molecule has 2 unspecified atom stereocenters. The fourth-order valence-corrected chi connectivity index (χ4v) is 5.68. The summed E-state index contributed by atoms with van der Waals surface area (Å²) in [5.74, 6) is -0.197. The molecule has 1 aromatic heterocycles. The number of hydrogen-bond donors (Lipinski definition) is 1. The van der Waals surface area contributed by atoms with Crippen LogP contribution in [0.2, 0.25) is 0 Å². The third kappa shape index (κ3) is 4.44. The van der Waals surface area contributed by atoms with Crippen molar-refractivity contribution >= 4 is 32.6 Å². The first-order valence-electron chi connectivity index (χ1n) is 10.7. The van der Waals surface area contributed by atoms with Crippen LogP contribution in [0.5, 0.6) is 0 Å². The highest BCUT2D eigenvalue weighted by Gasteiger charge is 2.32. The predicted molar refractivity (Wildman–Crippen MR) is 123 cm³/mol. The molecule has 0 bridgehead atoms. The van der Waals surface area contributed by atoms with E-state index in [2.05, 4.69) is 5.32 Å². The van der Waals surface area contributed by atoms with Crippen LogP contribution in [0.4, 0.5) is 5.69 Å². The van der Waals surface area contributed by atoms with E-state index in [4.69, 9.17) is 9.15 Å². The molecule has 1 amide bonds. The van der Waals surface area contributed by atoms with E-state index in [9.17, 15) is 13.2 Å². The molecule has 3 aromatic rings. The minimum absolute atomic E-state index is 0.154. The van der Waals surface area contributed by atoms with E-state index in [1.54, 1.807) is 18.4 Å². The highest BCUT2D eigenvalue weighted by atomic mass is 32.2. The number of anilines is 1. The van der Waals surface area contributed by atoms with E-state index >= 15 is 0 Å². The molecule has 4 rings (SSSR count). The van der Waals surface area contributed by atoms with Crippen LogP contribution in [0.15, 0.2) is 52.0 Å². The number of ether oxygens (including phenoxy) is 1. The Hall–Kier alpha value is -2.68. The Morgan fingerprint density at radius 1 is 1.06 bits per heavy atom. The van der Waals surface area contributed by atoms with Gasteiger partial charge in [-0.3, -0.25) is 4.79 Å². The van der Waals surface area contributed by atoms with Gasteiger partial charge < -0.3 is 14.5 Å². The molecule has 2 aromatic carbocycles. The van der Waals surface area contributed by atoms with Crippen molar-refractivity contribution in [3.05, 3.63) is 59.4 Å². The maximum atomic E-state index is 13.0. The number of nitrogens with zero attached hydrogens (tertiary/aromatic N) is 1. The first kappa shape index (κ1) is 22.5. The highest BCUT2D eigenvalue weighted by molar-refractivity contribution is 7.89. The van der Waals surface area contributed by atoms with Crippen molar-refractivity contribution in [3.8, 4) is 0 Å².